The minimum Gasteiger partial charge on any atom is -0.475 e. The second-order valence-electron chi connectivity index (χ2n) is 5.06. The van der Waals surface area contributed by atoms with Gasteiger partial charge in [0.05, 0.1) is 18.6 Å². The van der Waals surface area contributed by atoms with Crippen molar-refractivity contribution in [1.29, 1.82) is 0 Å². The minimum atomic E-state index is -0.812. The average Bonchev–Trinajstić information content (AvgIpc) is 3.21. The molecule has 1 amide bonds. The molecule has 3 rings (SSSR count). The molecule has 0 saturated carbocycles. The first kappa shape index (κ1) is 17.4. The number of nitrogens with zero attached hydrogens (tertiary/aromatic N) is 5. The monoisotopic (exact) mass is 377 g/mol. The van der Waals surface area contributed by atoms with E-state index in [1.807, 2.05) is 12.1 Å². The third kappa shape index (κ3) is 3.62. The highest BCUT2D eigenvalue weighted by Gasteiger charge is 2.30. The van der Waals surface area contributed by atoms with Gasteiger partial charge in [-0.2, -0.15) is 0 Å². The van der Waals surface area contributed by atoms with E-state index >= 15 is 0 Å². The van der Waals surface area contributed by atoms with E-state index in [0.29, 0.717) is 11.6 Å². The molecule has 0 spiro atoms. The molecule has 0 unspecified atom stereocenters. The van der Waals surface area contributed by atoms with Crippen LogP contribution < -0.4 is 10.1 Å². The second-order valence-corrected chi connectivity index (χ2v) is 5.50. The smallest absolute Gasteiger partial charge is 0.362 e. The van der Waals surface area contributed by atoms with Crippen LogP contribution in [0.3, 0.4) is 0 Å². The van der Waals surface area contributed by atoms with Gasteiger partial charge in [0.15, 0.2) is 0 Å². The zero-order chi connectivity index (χ0) is 18.7. The van der Waals surface area contributed by atoms with E-state index in [-0.39, 0.29) is 17.5 Å². The molecular weight excluding hydrogens is 366 g/mol. The van der Waals surface area contributed by atoms with Gasteiger partial charge in [-0.3, -0.25) is 25.3 Å². The number of hydrogen-bond acceptors (Lipinski definition) is 7. The van der Waals surface area contributed by atoms with Crippen LogP contribution in [0.1, 0.15) is 16.1 Å². The zero-order valence-electron chi connectivity index (χ0n) is 13.3. The summed E-state index contributed by atoms with van der Waals surface area (Å²) in [6.45, 7) is 0.390. The lowest BCUT2D eigenvalue weighted by molar-refractivity contribution is -0.386. The first-order chi connectivity index (χ1) is 12.5. The Morgan fingerprint density at radius 3 is 3.00 bits per heavy atom. The molecule has 0 saturated heterocycles. The van der Waals surface area contributed by atoms with Gasteiger partial charge in [0.2, 0.25) is 11.6 Å². The van der Waals surface area contributed by atoms with E-state index in [4.69, 9.17) is 16.3 Å². The van der Waals surface area contributed by atoms with E-state index in [1.54, 1.807) is 12.1 Å². The molecule has 0 bridgehead atoms. The van der Waals surface area contributed by atoms with Crippen LogP contribution in [-0.2, 0) is 6.54 Å². The van der Waals surface area contributed by atoms with E-state index in [1.165, 1.54) is 18.1 Å². The van der Waals surface area contributed by atoms with Gasteiger partial charge in [0.1, 0.15) is 6.33 Å². The summed E-state index contributed by atoms with van der Waals surface area (Å²) in [6, 6.07) is 7.21. The molecule has 0 atom stereocenters. The Labute approximate surface area is 151 Å². The standard InChI is InChI=1S/C14H12ClN7O4/c1-26-13-11(22(24)25)10(18-19-13)12(23)17-14-16-7-21(20-14)6-8-3-2-4-9(15)5-8/h2-5,7H,6H2,1H3,(H,18,19)(H,17,20,23). The number of amides is 1. The molecule has 26 heavy (non-hydrogen) atoms. The first-order valence-corrected chi connectivity index (χ1v) is 7.57. The predicted octanol–water partition coefficient (Wildman–Crippen LogP) is 1.87. The van der Waals surface area contributed by atoms with Crippen molar-refractivity contribution in [2.45, 2.75) is 6.54 Å². The van der Waals surface area contributed by atoms with Crippen LogP contribution in [0.4, 0.5) is 11.6 Å². The molecule has 0 fully saturated rings. The summed E-state index contributed by atoms with van der Waals surface area (Å²) in [4.78, 5) is 26.5. The Morgan fingerprint density at radius 2 is 2.31 bits per heavy atom. The molecule has 0 aliphatic heterocycles. The van der Waals surface area contributed by atoms with Crippen LogP contribution in [0.2, 0.25) is 5.02 Å². The fraction of sp³-hybridized carbons (Fsp3) is 0.143. The lowest BCUT2D eigenvalue weighted by Gasteiger charge is -2.01. The Morgan fingerprint density at radius 1 is 1.50 bits per heavy atom. The van der Waals surface area contributed by atoms with Crippen molar-refractivity contribution in [1.82, 2.24) is 25.0 Å². The van der Waals surface area contributed by atoms with Gasteiger partial charge >= 0.3 is 11.6 Å². The van der Waals surface area contributed by atoms with Gasteiger partial charge in [0.25, 0.3) is 5.91 Å². The Bertz CT molecular complexity index is 968. The molecule has 0 aliphatic rings. The number of aromatic nitrogens is 5. The van der Waals surface area contributed by atoms with Gasteiger partial charge in [-0.15, -0.1) is 10.2 Å². The number of H-pyrrole nitrogens is 1. The quantitative estimate of drug-likeness (QED) is 0.493. The second kappa shape index (κ2) is 7.19. The first-order valence-electron chi connectivity index (χ1n) is 7.20. The summed E-state index contributed by atoms with van der Waals surface area (Å²) in [5.41, 5.74) is -0.0318. The average molecular weight is 378 g/mol. The summed E-state index contributed by atoms with van der Waals surface area (Å²) < 4.78 is 6.25. The van der Waals surface area contributed by atoms with E-state index < -0.39 is 16.5 Å². The zero-order valence-corrected chi connectivity index (χ0v) is 14.1. The lowest BCUT2D eigenvalue weighted by atomic mass is 10.2. The normalized spacial score (nSPS) is 10.5. The topological polar surface area (TPSA) is 141 Å². The Hall–Kier alpha value is -3.47. The highest BCUT2D eigenvalue weighted by Crippen LogP contribution is 2.27. The SMILES string of the molecule is COc1n[nH]c(C(=O)Nc2ncn(Cc3cccc(Cl)c3)n2)c1[N+](=O)[O-]. The van der Waals surface area contributed by atoms with Crippen LogP contribution in [0.5, 0.6) is 5.88 Å². The number of anilines is 1. The third-order valence-corrected chi connectivity index (χ3v) is 3.54. The van der Waals surface area contributed by atoms with Gasteiger partial charge in [-0.05, 0) is 17.7 Å². The van der Waals surface area contributed by atoms with E-state index in [2.05, 4.69) is 25.6 Å². The van der Waals surface area contributed by atoms with Crippen molar-refractivity contribution < 1.29 is 14.5 Å². The maximum absolute atomic E-state index is 12.2. The number of benzene rings is 1. The Balaban J connectivity index is 1.74. The van der Waals surface area contributed by atoms with Gasteiger partial charge in [-0.25, -0.2) is 9.67 Å². The fourth-order valence-electron chi connectivity index (χ4n) is 2.20. The van der Waals surface area contributed by atoms with Crippen molar-refractivity contribution in [3.63, 3.8) is 0 Å². The highest BCUT2D eigenvalue weighted by atomic mass is 35.5. The number of nitro groups is 1. The number of carbonyl (C=O) groups is 1. The molecule has 11 nitrogen and oxygen atoms in total. The van der Waals surface area contributed by atoms with Gasteiger partial charge in [-0.1, -0.05) is 23.7 Å². The maximum Gasteiger partial charge on any atom is 0.362 e. The van der Waals surface area contributed by atoms with Gasteiger partial charge < -0.3 is 4.74 Å². The number of carbonyl (C=O) groups excluding carboxylic acids is 1. The number of nitrogens with one attached hydrogen (secondary N) is 2. The molecule has 134 valence electrons. The van der Waals surface area contributed by atoms with Crippen LogP contribution in [0.25, 0.3) is 0 Å². The van der Waals surface area contributed by atoms with Crippen LogP contribution in [0, 0.1) is 10.1 Å². The van der Waals surface area contributed by atoms with Crippen LogP contribution in [0.15, 0.2) is 30.6 Å². The molecule has 1 aromatic carbocycles. The number of halogens is 1. The number of aromatic amines is 1. The van der Waals surface area contributed by atoms with E-state index in [9.17, 15) is 14.9 Å². The van der Waals surface area contributed by atoms with Crippen molar-refractivity contribution in [2.24, 2.45) is 0 Å². The summed E-state index contributed by atoms with van der Waals surface area (Å²) in [5.74, 6) is -1.12. The van der Waals surface area contributed by atoms with Crippen LogP contribution >= 0.6 is 11.6 Å². The number of hydrogen-bond donors (Lipinski definition) is 2. The van der Waals surface area contributed by atoms with Crippen molar-refractivity contribution in [3.05, 3.63) is 57.0 Å². The molecular formula is C14H12ClN7O4. The van der Waals surface area contributed by atoms with Crippen molar-refractivity contribution in [3.8, 4) is 5.88 Å². The minimum absolute atomic E-state index is 0.0140. The molecule has 0 aliphatic carbocycles. The number of methoxy groups -OCH3 is 1. The van der Waals surface area contributed by atoms with Crippen molar-refractivity contribution >= 4 is 29.1 Å². The molecule has 12 heteroatoms. The summed E-state index contributed by atoms with van der Waals surface area (Å²) in [6.07, 6.45) is 1.42. The van der Waals surface area contributed by atoms with Crippen molar-refractivity contribution in [2.75, 3.05) is 12.4 Å². The maximum atomic E-state index is 12.2. The molecule has 3 aromatic rings. The molecule has 0 radical (unpaired) electrons. The number of ether oxygens (including phenoxy) is 1. The Kier molecular flexibility index (Phi) is 4.80. The lowest BCUT2D eigenvalue weighted by Crippen LogP contribution is -2.15. The fourth-order valence-corrected chi connectivity index (χ4v) is 2.42. The predicted molar refractivity (Wildman–Crippen MR) is 90.3 cm³/mol. The summed E-state index contributed by atoms with van der Waals surface area (Å²) in [5, 5.41) is 24.0. The summed E-state index contributed by atoms with van der Waals surface area (Å²) >= 11 is 5.93. The third-order valence-electron chi connectivity index (χ3n) is 3.31. The molecule has 2 N–H and O–H groups in total. The van der Waals surface area contributed by atoms with E-state index in [0.717, 1.165) is 5.56 Å². The summed E-state index contributed by atoms with van der Waals surface area (Å²) in [7, 11) is 1.21. The molecule has 2 heterocycles. The largest absolute Gasteiger partial charge is 0.475 e. The highest BCUT2D eigenvalue weighted by molar-refractivity contribution is 6.30. The van der Waals surface area contributed by atoms with Crippen LogP contribution in [-0.4, -0.2) is 42.9 Å². The number of rotatable bonds is 6. The molecule has 2 aromatic heterocycles. The van der Waals surface area contributed by atoms with Gasteiger partial charge in [0, 0.05) is 5.02 Å².